The number of rotatable bonds is 0. The number of hydrogen-bond donors (Lipinski definition) is 3. The summed E-state index contributed by atoms with van der Waals surface area (Å²) in [4.78, 5) is 35.9. The molecule has 0 radical (unpaired) electrons. The van der Waals surface area contributed by atoms with Gasteiger partial charge in [-0.25, -0.2) is 4.98 Å². The van der Waals surface area contributed by atoms with E-state index in [2.05, 4.69) is 54.5 Å². The first-order chi connectivity index (χ1) is 15.0. The molecule has 3 N–H and O–H groups in total. The maximum Gasteiger partial charge on any atom is 0.265 e. The maximum atomic E-state index is 13.3. The van der Waals surface area contributed by atoms with E-state index in [1.807, 2.05) is 12.1 Å². The normalized spacial score (nSPS) is 21.1. The second kappa shape index (κ2) is 8.46. The molecule has 0 aromatic carbocycles. The van der Waals surface area contributed by atoms with E-state index < -0.39 is 0 Å². The van der Waals surface area contributed by atoms with Gasteiger partial charge in [-0.3, -0.25) is 14.3 Å². The van der Waals surface area contributed by atoms with Crippen molar-refractivity contribution in [2.45, 2.75) is 69.9 Å². The van der Waals surface area contributed by atoms with Crippen LogP contribution in [0.3, 0.4) is 0 Å². The third-order valence-corrected chi connectivity index (χ3v) is 7.01. The van der Waals surface area contributed by atoms with Crippen molar-refractivity contribution in [1.82, 2.24) is 14.7 Å². The van der Waals surface area contributed by atoms with Crippen molar-refractivity contribution >= 4 is 29.5 Å². The van der Waals surface area contributed by atoms with Crippen LogP contribution in [0.2, 0.25) is 0 Å². The van der Waals surface area contributed by atoms with Gasteiger partial charge in [-0.2, -0.15) is 0 Å². The maximum absolute atomic E-state index is 13.3. The number of nitrogens with zero attached hydrogens (tertiary/aromatic N) is 2. The summed E-state index contributed by atoms with van der Waals surface area (Å²) in [5.74, 6) is 1.73. The van der Waals surface area contributed by atoms with Gasteiger partial charge in [0.2, 0.25) is 0 Å². The first kappa shape index (κ1) is 22.7. The SMILES string of the molecule is CC(C)(C)c1ccc2c(n1)N1CC(CCCNc3cc(=O)cc([nH]3)SNC2=O)CC1(C)C. The van der Waals surface area contributed by atoms with Crippen LogP contribution in [0.1, 0.15) is 69.9 Å². The summed E-state index contributed by atoms with van der Waals surface area (Å²) in [7, 11) is 0. The second-order valence-electron chi connectivity index (χ2n) is 10.5. The molecule has 1 atom stereocenters. The lowest BCUT2D eigenvalue weighted by Gasteiger charge is -2.34. The third-order valence-electron chi connectivity index (χ3n) is 6.28. The van der Waals surface area contributed by atoms with E-state index in [9.17, 15) is 9.59 Å². The van der Waals surface area contributed by atoms with Crippen molar-refractivity contribution in [3.05, 3.63) is 45.7 Å². The first-order valence-electron chi connectivity index (χ1n) is 11.3. The molecule has 2 aromatic rings. The molecular formula is C24H33N5O2S. The zero-order chi connectivity index (χ0) is 23.1. The van der Waals surface area contributed by atoms with Crippen LogP contribution in [0, 0.1) is 5.92 Å². The quantitative estimate of drug-likeness (QED) is 0.513. The van der Waals surface area contributed by atoms with Crippen LogP contribution in [0.25, 0.3) is 0 Å². The van der Waals surface area contributed by atoms with Crippen molar-refractivity contribution in [2.75, 3.05) is 23.3 Å². The second-order valence-corrected chi connectivity index (χ2v) is 11.4. The summed E-state index contributed by atoms with van der Waals surface area (Å²) in [5, 5.41) is 3.91. The van der Waals surface area contributed by atoms with Crippen molar-refractivity contribution in [3.8, 4) is 0 Å². The Bertz CT molecular complexity index is 1070. The summed E-state index contributed by atoms with van der Waals surface area (Å²) in [5.41, 5.74) is 1.22. The number of pyridine rings is 2. The van der Waals surface area contributed by atoms with Gasteiger partial charge in [0.1, 0.15) is 11.6 Å². The number of nitrogens with one attached hydrogen (secondary N) is 3. The van der Waals surface area contributed by atoms with E-state index in [1.165, 1.54) is 6.07 Å². The molecule has 2 aliphatic rings. The number of hydrogen-bond acceptors (Lipinski definition) is 6. The average Bonchev–Trinajstić information content (AvgIpc) is 3.01. The van der Waals surface area contributed by atoms with E-state index in [0.29, 0.717) is 22.3 Å². The summed E-state index contributed by atoms with van der Waals surface area (Å²) >= 11 is 1.12. The summed E-state index contributed by atoms with van der Waals surface area (Å²) < 4.78 is 2.90. The highest BCUT2D eigenvalue weighted by atomic mass is 32.2. The molecule has 1 saturated heterocycles. The van der Waals surface area contributed by atoms with Gasteiger partial charge in [0.25, 0.3) is 5.91 Å². The monoisotopic (exact) mass is 455 g/mol. The van der Waals surface area contributed by atoms with Crippen LogP contribution < -0.4 is 20.4 Å². The molecule has 32 heavy (non-hydrogen) atoms. The number of aromatic nitrogens is 2. The smallest absolute Gasteiger partial charge is 0.265 e. The molecule has 1 amide bonds. The van der Waals surface area contributed by atoms with Crippen molar-refractivity contribution < 1.29 is 4.79 Å². The minimum Gasteiger partial charge on any atom is -0.372 e. The zero-order valence-corrected chi connectivity index (χ0v) is 20.4. The van der Waals surface area contributed by atoms with E-state index in [4.69, 9.17) is 4.98 Å². The molecular weight excluding hydrogens is 422 g/mol. The number of aromatic amines is 1. The molecule has 8 heteroatoms. The Labute approximate surface area is 193 Å². The Morgan fingerprint density at radius 3 is 2.72 bits per heavy atom. The van der Waals surface area contributed by atoms with Crippen molar-refractivity contribution in [3.63, 3.8) is 0 Å². The Hall–Kier alpha value is -2.48. The molecule has 2 aromatic heterocycles. The van der Waals surface area contributed by atoms with E-state index in [1.54, 1.807) is 6.07 Å². The molecule has 0 aliphatic carbocycles. The highest BCUT2D eigenvalue weighted by Gasteiger charge is 2.40. The molecule has 1 unspecified atom stereocenters. The van der Waals surface area contributed by atoms with E-state index >= 15 is 0 Å². The fourth-order valence-electron chi connectivity index (χ4n) is 4.64. The third kappa shape index (κ3) is 4.80. The molecule has 4 heterocycles. The van der Waals surface area contributed by atoms with Crippen LogP contribution in [0.4, 0.5) is 11.6 Å². The molecule has 0 saturated carbocycles. The predicted molar refractivity (Wildman–Crippen MR) is 131 cm³/mol. The summed E-state index contributed by atoms with van der Waals surface area (Å²) in [6.07, 6.45) is 3.14. The highest BCUT2D eigenvalue weighted by Crippen LogP contribution is 2.40. The van der Waals surface area contributed by atoms with E-state index in [0.717, 1.165) is 55.8 Å². The molecule has 2 aliphatic heterocycles. The summed E-state index contributed by atoms with van der Waals surface area (Å²) in [6, 6.07) is 6.88. The highest BCUT2D eigenvalue weighted by molar-refractivity contribution is 7.97. The first-order valence-corrected chi connectivity index (χ1v) is 12.1. The Morgan fingerprint density at radius 1 is 1.19 bits per heavy atom. The van der Waals surface area contributed by atoms with Crippen molar-refractivity contribution in [2.24, 2.45) is 5.92 Å². The number of anilines is 2. The van der Waals surface area contributed by atoms with E-state index in [-0.39, 0.29) is 22.3 Å². The summed E-state index contributed by atoms with van der Waals surface area (Å²) in [6.45, 7) is 12.6. The molecule has 1 fully saturated rings. The number of amides is 1. The number of fused-ring (bicyclic) bond motifs is 6. The fourth-order valence-corrected chi connectivity index (χ4v) is 5.29. The van der Waals surface area contributed by atoms with Gasteiger partial charge in [-0.1, -0.05) is 20.8 Å². The fraction of sp³-hybridized carbons (Fsp3) is 0.542. The van der Waals surface area contributed by atoms with Crippen molar-refractivity contribution in [1.29, 1.82) is 0 Å². The van der Waals surface area contributed by atoms with Gasteiger partial charge >= 0.3 is 0 Å². The zero-order valence-electron chi connectivity index (χ0n) is 19.5. The van der Waals surface area contributed by atoms with Gasteiger partial charge < -0.3 is 15.2 Å². The molecule has 7 nitrogen and oxygen atoms in total. The predicted octanol–water partition coefficient (Wildman–Crippen LogP) is 4.32. The lowest BCUT2D eigenvalue weighted by molar-refractivity contribution is 0.0984. The lowest BCUT2D eigenvalue weighted by Crippen LogP contribution is -2.40. The van der Waals surface area contributed by atoms with Gasteiger partial charge in [-0.05, 0) is 51.2 Å². The van der Waals surface area contributed by atoms with Crippen LogP contribution in [0.5, 0.6) is 0 Å². The van der Waals surface area contributed by atoms with Crippen LogP contribution in [-0.4, -0.2) is 34.5 Å². The molecule has 0 spiro atoms. The molecule has 4 bridgehead atoms. The van der Waals surface area contributed by atoms with Gasteiger partial charge in [0, 0.05) is 53.8 Å². The minimum absolute atomic E-state index is 0.0869. The lowest BCUT2D eigenvalue weighted by atomic mass is 9.91. The van der Waals surface area contributed by atoms with Gasteiger partial charge in [0.05, 0.1) is 10.6 Å². The van der Waals surface area contributed by atoms with Crippen LogP contribution in [0.15, 0.2) is 34.1 Å². The number of carbonyl (C=O) groups excluding carboxylic acids is 1. The standard InChI is InChI=1S/C24H33N5O2S/c1-23(2,3)18-9-8-17-21(26-18)29-14-15(13-24(29,4)5)7-6-10-25-19-11-16(30)12-20(27-19)32-28-22(17)31/h8-9,11-12,15H,6-7,10,13-14H2,1-5H3,(H,28,31)(H2,25,27,30). The average molecular weight is 456 g/mol. The Kier molecular flexibility index (Phi) is 6.00. The van der Waals surface area contributed by atoms with Gasteiger partial charge in [0.15, 0.2) is 5.43 Å². The van der Waals surface area contributed by atoms with Gasteiger partial charge in [-0.15, -0.1) is 0 Å². The molecule has 4 rings (SSSR count). The van der Waals surface area contributed by atoms with Crippen LogP contribution in [-0.2, 0) is 5.41 Å². The Morgan fingerprint density at radius 2 is 1.97 bits per heavy atom. The number of H-pyrrole nitrogens is 1. The molecule has 172 valence electrons. The largest absolute Gasteiger partial charge is 0.372 e. The number of carbonyl (C=O) groups is 1. The van der Waals surface area contributed by atoms with Crippen LogP contribution >= 0.6 is 11.9 Å². The topological polar surface area (TPSA) is 90.1 Å². The Balaban J connectivity index is 1.76. The minimum atomic E-state index is -0.216.